The minimum atomic E-state index is 0. The number of aliphatic imine (C=N–C) groups is 2. The van der Waals surface area contributed by atoms with Gasteiger partial charge in [-0.25, -0.2) is 0 Å². The molecule has 3 heteroatoms. The van der Waals surface area contributed by atoms with E-state index in [1.165, 1.54) is 247 Å². The molecule has 2 rings (SSSR count). The van der Waals surface area contributed by atoms with Crippen LogP contribution in [0.15, 0.2) is 58.5 Å². The Labute approximate surface area is 378 Å². The summed E-state index contributed by atoms with van der Waals surface area (Å²) >= 11 is 0. The van der Waals surface area contributed by atoms with Crippen molar-refractivity contribution in [3.8, 4) is 0 Å². The Hall–Kier alpha value is -1.73. The average molecular weight is 856 g/mol. The Morgan fingerprint density at radius 2 is 0.525 bits per heavy atom. The average Bonchev–Trinajstić information content (AvgIpc) is 3.24. The molecule has 0 spiro atoms. The van der Waals surface area contributed by atoms with Gasteiger partial charge in [-0.05, 0) is 86.8 Å². The molecule has 0 aliphatic heterocycles. The second kappa shape index (κ2) is 41.6. The number of hydrogen-bond acceptors (Lipinski definition) is 2. The number of rotatable bonds is 41. The number of unbranched alkanes of at least 4 members (excludes halogenated alkanes) is 30. The maximum atomic E-state index is 5.33. The minimum absolute atomic E-state index is 0. The van der Waals surface area contributed by atoms with E-state index in [1.54, 1.807) is 0 Å². The van der Waals surface area contributed by atoms with Gasteiger partial charge in [-0.3, -0.25) is 9.98 Å². The first-order chi connectivity index (χ1) is 28.7. The van der Waals surface area contributed by atoms with Crippen molar-refractivity contribution in [3.63, 3.8) is 0 Å². The number of nitrogens with zero attached hydrogens (tertiary/aromatic N) is 2. The zero-order chi connectivity index (χ0) is 41.4. The normalized spacial score (nSPS) is 12.0. The van der Waals surface area contributed by atoms with E-state index >= 15 is 0 Å². The van der Waals surface area contributed by atoms with Crippen molar-refractivity contribution >= 4 is 22.8 Å². The van der Waals surface area contributed by atoms with Crippen molar-refractivity contribution in [2.24, 2.45) is 9.98 Å². The Bertz CT molecular complexity index is 1230. The van der Waals surface area contributed by atoms with Crippen LogP contribution in [0.3, 0.4) is 0 Å². The second-order valence-electron chi connectivity index (χ2n) is 18.1. The van der Waals surface area contributed by atoms with Crippen LogP contribution in [0, 0.1) is 0 Å². The molecule has 0 heterocycles. The summed E-state index contributed by atoms with van der Waals surface area (Å²) in [7, 11) is 0. The van der Waals surface area contributed by atoms with E-state index < -0.39 is 0 Å². The molecule has 0 N–H and O–H groups in total. The van der Waals surface area contributed by atoms with Gasteiger partial charge in [0, 0.05) is 16.5 Å². The van der Waals surface area contributed by atoms with Gasteiger partial charge in [-0.15, -0.1) is 0 Å². The van der Waals surface area contributed by atoms with Crippen LogP contribution in [0.5, 0.6) is 0 Å². The van der Waals surface area contributed by atoms with E-state index in [0.29, 0.717) is 0 Å². The fourth-order valence-electron chi connectivity index (χ4n) is 8.43. The number of aryl methyl sites for hydroxylation is 2. The zero-order valence-electron chi connectivity index (χ0n) is 39.7. The van der Waals surface area contributed by atoms with Gasteiger partial charge in [0.15, 0.2) is 0 Å². The van der Waals surface area contributed by atoms with Crippen LogP contribution < -0.4 is 0 Å². The molecule has 0 aliphatic carbocycles. The predicted molar refractivity (Wildman–Crippen MR) is 263 cm³/mol. The molecule has 0 amide bonds. The van der Waals surface area contributed by atoms with E-state index in [-0.39, 0.29) is 16.5 Å². The van der Waals surface area contributed by atoms with Gasteiger partial charge in [-0.1, -0.05) is 245 Å². The van der Waals surface area contributed by atoms with Crippen LogP contribution in [0.4, 0.5) is 11.4 Å². The molecule has 59 heavy (non-hydrogen) atoms. The molecule has 2 aromatic carbocycles. The molecule has 0 saturated heterocycles. The molecule has 0 atom stereocenters. The molecule has 0 fully saturated rings. The van der Waals surface area contributed by atoms with Gasteiger partial charge in [0.25, 0.3) is 0 Å². The van der Waals surface area contributed by atoms with Gasteiger partial charge < -0.3 is 0 Å². The minimum Gasteiger partial charge on any atom is -0.252 e. The summed E-state index contributed by atoms with van der Waals surface area (Å²) in [5.41, 5.74) is 7.48. The summed E-state index contributed by atoms with van der Waals surface area (Å²) in [6.07, 6.45) is 51.3. The molecule has 340 valence electrons. The van der Waals surface area contributed by atoms with Gasteiger partial charge in [0.1, 0.15) is 0 Å². The Kier molecular flexibility index (Phi) is 39.0. The third-order valence-electron chi connectivity index (χ3n) is 12.4. The van der Waals surface area contributed by atoms with Crippen molar-refractivity contribution < 1.29 is 16.5 Å². The monoisotopic (exact) mass is 855 g/mol. The second-order valence-corrected chi connectivity index (χ2v) is 18.1. The van der Waals surface area contributed by atoms with Crippen LogP contribution in [0.25, 0.3) is 0 Å². The first-order valence-electron chi connectivity index (χ1n) is 26.0. The predicted octanol–water partition coefficient (Wildman–Crippen LogP) is 19.7. The third-order valence-corrected chi connectivity index (χ3v) is 12.4. The topological polar surface area (TPSA) is 24.7 Å². The SMILES string of the molecule is CCCCCCCCCCCCCCCCc1ccc(N=C(CCCC)C(CCCCCC)=Nc2ccc(CCCCCCCCCCCCCCCC)cc2)cc1.[Ni]. The van der Waals surface area contributed by atoms with E-state index in [0.717, 1.165) is 30.6 Å². The maximum Gasteiger partial charge on any atom is 0.0633 e. The number of benzene rings is 2. The third kappa shape index (κ3) is 31.7. The van der Waals surface area contributed by atoms with Gasteiger partial charge in [-0.2, -0.15) is 0 Å². The van der Waals surface area contributed by atoms with E-state index in [2.05, 4.69) is 76.2 Å². The molecule has 0 aromatic heterocycles. The fourth-order valence-corrected chi connectivity index (χ4v) is 8.43. The Morgan fingerprint density at radius 1 is 0.288 bits per heavy atom. The van der Waals surface area contributed by atoms with Crippen molar-refractivity contribution in [3.05, 3.63) is 59.7 Å². The van der Waals surface area contributed by atoms with Gasteiger partial charge in [0.05, 0.1) is 22.8 Å². The zero-order valence-corrected chi connectivity index (χ0v) is 40.7. The van der Waals surface area contributed by atoms with E-state index in [1.807, 2.05) is 0 Å². The molecule has 0 bridgehead atoms. The summed E-state index contributed by atoms with van der Waals surface area (Å²) in [6, 6.07) is 18.3. The van der Waals surface area contributed by atoms with Crippen LogP contribution in [-0.2, 0) is 29.3 Å². The summed E-state index contributed by atoms with van der Waals surface area (Å²) in [5.74, 6) is 0. The molecule has 0 aliphatic rings. The van der Waals surface area contributed by atoms with Crippen LogP contribution in [0.2, 0.25) is 0 Å². The first kappa shape index (κ1) is 55.3. The van der Waals surface area contributed by atoms with Crippen molar-refractivity contribution in [1.29, 1.82) is 0 Å². The standard InChI is InChI=1S/C56H96N2.Ni/c1-5-9-13-16-18-20-22-24-26-28-30-32-34-36-39-51-43-47-53(48-44-51)57-55(41-12-8-4)56(42-38-15-11-7-3)58-54-49-45-52(46-50-54)40-37-35-33-31-29-27-25-23-21-19-17-14-10-6-2;/h43-50H,5-42H2,1-4H3;. The van der Waals surface area contributed by atoms with Crippen LogP contribution >= 0.6 is 0 Å². The van der Waals surface area contributed by atoms with Crippen molar-refractivity contribution in [1.82, 2.24) is 0 Å². The van der Waals surface area contributed by atoms with Gasteiger partial charge >= 0.3 is 0 Å². The summed E-state index contributed by atoms with van der Waals surface area (Å²) in [5, 5.41) is 0. The van der Waals surface area contributed by atoms with Crippen LogP contribution in [-0.4, -0.2) is 11.4 Å². The van der Waals surface area contributed by atoms with Crippen LogP contribution in [0.1, 0.15) is 270 Å². The maximum absolute atomic E-state index is 5.33. The fraction of sp³-hybridized carbons (Fsp3) is 0.750. The Balaban J connectivity index is 0.0000174. The van der Waals surface area contributed by atoms with Gasteiger partial charge in [0.2, 0.25) is 0 Å². The molecule has 2 nitrogen and oxygen atoms in total. The molecule has 0 unspecified atom stereocenters. The molecule has 0 radical (unpaired) electrons. The smallest absolute Gasteiger partial charge is 0.0633 e. The summed E-state index contributed by atoms with van der Waals surface area (Å²) < 4.78 is 0. The quantitative estimate of drug-likeness (QED) is 0.0362. The Morgan fingerprint density at radius 3 is 0.814 bits per heavy atom. The van der Waals surface area contributed by atoms with E-state index in [4.69, 9.17) is 9.98 Å². The van der Waals surface area contributed by atoms with Crippen molar-refractivity contribution in [2.75, 3.05) is 0 Å². The summed E-state index contributed by atoms with van der Waals surface area (Å²) in [6.45, 7) is 9.20. The largest absolute Gasteiger partial charge is 0.252 e. The van der Waals surface area contributed by atoms with E-state index in [9.17, 15) is 0 Å². The first-order valence-corrected chi connectivity index (χ1v) is 26.0. The van der Waals surface area contributed by atoms with Crippen molar-refractivity contribution in [2.45, 2.75) is 272 Å². The molecule has 2 aromatic rings. The number of hydrogen-bond donors (Lipinski definition) is 0. The molecule has 0 saturated carbocycles. The molecular formula is C56H96N2Ni. The molecular weight excluding hydrogens is 759 g/mol. The summed E-state index contributed by atoms with van der Waals surface area (Å²) in [4.78, 5) is 10.6.